The molecule has 4 heteroatoms. The van der Waals surface area contributed by atoms with E-state index in [0.717, 1.165) is 0 Å². The van der Waals surface area contributed by atoms with Gasteiger partial charge in [-0.2, -0.15) is 0 Å². The van der Waals surface area contributed by atoms with Gasteiger partial charge < -0.3 is 9.84 Å². The molecule has 1 aliphatic rings. The summed E-state index contributed by atoms with van der Waals surface area (Å²) in [4.78, 5) is 22.9. The van der Waals surface area contributed by atoms with Gasteiger partial charge >= 0.3 is 5.97 Å². The summed E-state index contributed by atoms with van der Waals surface area (Å²) in [6, 6.07) is 0. The molecule has 92 valence electrons. The first-order valence-corrected chi connectivity index (χ1v) is 5.63. The normalized spacial score (nSPS) is 31.3. The predicted octanol–water partition coefficient (Wildman–Crippen LogP) is 1.30. The van der Waals surface area contributed by atoms with Crippen LogP contribution in [-0.2, 0) is 14.3 Å². The van der Waals surface area contributed by atoms with E-state index in [1.54, 1.807) is 20.8 Å². The maximum Gasteiger partial charge on any atom is 0.311 e. The molecular formula is C12H20O4. The summed E-state index contributed by atoms with van der Waals surface area (Å²) in [6.45, 7) is 7.21. The molecule has 0 aliphatic heterocycles. The number of aliphatic hydroxyl groups excluding tert-OH is 1. The summed E-state index contributed by atoms with van der Waals surface area (Å²) in [7, 11) is 0. The van der Waals surface area contributed by atoms with Crippen molar-refractivity contribution in [2.75, 3.05) is 0 Å². The van der Waals surface area contributed by atoms with Crippen LogP contribution in [0, 0.1) is 11.3 Å². The summed E-state index contributed by atoms with van der Waals surface area (Å²) in [5.74, 6) is -0.455. The van der Waals surface area contributed by atoms with Crippen molar-refractivity contribution in [3.63, 3.8) is 0 Å². The number of ether oxygens (including phenoxy) is 1. The number of carbonyl (C=O) groups is 2. The number of rotatable bonds is 1. The van der Waals surface area contributed by atoms with Crippen molar-refractivity contribution in [3.05, 3.63) is 0 Å². The van der Waals surface area contributed by atoms with E-state index in [1.165, 1.54) is 0 Å². The van der Waals surface area contributed by atoms with Gasteiger partial charge in [-0.05, 0) is 20.8 Å². The predicted molar refractivity (Wildman–Crippen MR) is 58.7 cm³/mol. The highest BCUT2D eigenvalue weighted by Gasteiger charge is 2.36. The van der Waals surface area contributed by atoms with Crippen LogP contribution in [0.5, 0.6) is 0 Å². The van der Waals surface area contributed by atoms with Crippen LogP contribution in [-0.4, -0.2) is 29.1 Å². The van der Waals surface area contributed by atoms with Gasteiger partial charge in [-0.25, -0.2) is 0 Å². The minimum atomic E-state index is -0.978. The Labute approximate surface area is 96.0 Å². The molecule has 0 radical (unpaired) electrons. The molecule has 3 atom stereocenters. The molecule has 16 heavy (non-hydrogen) atoms. The van der Waals surface area contributed by atoms with Crippen molar-refractivity contribution in [2.45, 2.75) is 52.7 Å². The molecule has 1 saturated carbocycles. The Hall–Kier alpha value is -0.900. The average Bonchev–Trinajstić information content (AvgIpc) is 2.12. The topological polar surface area (TPSA) is 63.6 Å². The molecule has 1 rings (SSSR count). The number of ketones is 1. The van der Waals surface area contributed by atoms with E-state index >= 15 is 0 Å². The Morgan fingerprint density at radius 2 is 2.00 bits per heavy atom. The number of esters is 1. The molecule has 0 heterocycles. The highest BCUT2D eigenvalue weighted by Crippen LogP contribution is 2.27. The molecule has 0 bridgehead atoms. The Morgan fingerprint density at radius 1 is 1.44 bits per heavy atom. The Morgan fingerprint density at radius 3 is 2.50 bits per heavy atom. The van der Waals surface area contributed by atoms with Crippen molar-refractivity contribution in [2.24, 2.45) is 11.3 Å². The highest BCUT2D eigenvalue weighted by molar-refractivity contribution is 5.84. The second-order valence-corrected chi connectivity index (χ2v) is 5.59. The van der Waals surface area contributed by atoms with Gasteiger partial charge in [0.25, 0.3) is 0 Å². The van der Waals surface area contributed by atoms with Crippen LogP contribution >= 0.6 is 0 Å². The van der Waals surface area contributed by atoms with Gasteiger partial charge in [0.2, 0.25) is 0 Å². The maximum absolute atomic E-state index is 11.7. The molecule has 0 amide bonds. The lowest BCUT2D eigenvalue weighted by atomic mass is 9.85. The SMILES string of the molecule is C[C@@H]1CC(=O)[C@H](O)C[C@H]1OC(=O)C(C)(C)C. The van der Waals surface area contributed by atoms with Gasteiger partial charge in [-0.3, -0.25) is 9.59 Å². The maximum atomic E-state index is 11.7. The third-order valence-corrected chi connectivity index (χ3v) is 2.86. The summed E-state index contributed by atoms with van der Waals surface area (Å²) in [5, 5.41) is 9.44. The fourth-order valence-electron chi connectivity index (χ4n) is 1.65. The monoisotopic (exact) mass is 228 g/mol. The third kappa shape index (κ3) is 3.04. The van der Waals surface area contributed by atoms with E-state index in [2.05, 4.69) is 0 Å². The van der Waals surface area contributed by atoms with E-state index in [9.17, 15) is 14.7 Å². The molecule has 0 unspecified atom stereocenters. The van der Waals surface area contributed by atoms with Crippen LogP contribution in [0.3, 0.4) is 0 Å². The lowest BCUT2D eigenvalue weighted by Crippen LogP contribution is -2.41. The number of carbonyl (C=O) groups excluding carboxylic acids is 2. The van der Waals surface area contributed by atoms with Gasteiger partial charge in [0.1, 0.15) is 12.2 Å². The second kappa shape index (κ2) is 4.53. The van der Waals surface area contributed by atoms with Gasteiger partial charge in [-0.1, -0.05) is 6.92 Å². The van der Waals surface area contributed by atoms with Crippen molar-refractivity contribution in [3.8, 4) is 0 Å². The third-order valence-electron chi connectivity index (χ3n) is 2.86. The summed E-state index contributed by atoms with van der Waals surface area (Å²) in [5.41, 5.74) is -0.549. The molecule has 1 N–H and O–H groups in total. The first kappa shape index (κ1) is 13.2. The molecule has 4 nitrogen and oxygen atoms in total. The van der Waals surface area contributed by atoms with Crippen LogP contribution in [0.4, 0.5) is 0 Å². The number of Topliss-reactive ketones (excluding diaryl/α,β-unsaturated/α-hetero) is 1. The summed E-state index contributed by atoms with van der Waals surface area (Å²) < 4.78 is 5.34. The van der Waals surface area contributed by atoms with Gasteiger partial charge in [0, 0.05) is 18.8 Å². The summed E-state index contributed by atoms with van der Waals surface area (Å²) >= 11 is 0. The standard InChI is InChI=1S/C12H20O4/c1-7-5-8(13)9(14)6-10(7)16-11(15)12(2,3)4/h7,9-10,14H,5-6H2,1-4H3/t7-,9-,10-/m1/s1. The molecule has 0 spiro atoms. The zero-order valence-corrected chi connectivity index (χ0v) is 10.3. The van der Waals surface area contributed by atoms with Crippen molar-refractivity contribution in [1.82, 2.24) is 0 Å². The number of aliphatic hydroxyl groups is 1. The lowest BCUT2D eigenvalue weighted by Gasteiger charge is -2.32. The van der Waals surface area contributed by atoms with E-state index in [0.29, 0.717) is 0 Å². The fraction of sp³-hybridized carbons (Fsp3) is 0.833. The Kier molecular flexibility index (Phi) is 3.73. The smallest absolute Gasteiger partial charge is 0.311 e. The molecule has 0 aromatic carbocycles. The molecule has 1 fully saturated rings. The van der Waals surface area contributed by atoms with Crippen molar-refractivity contribution in [1.29, 1.82) is 0 Å². The van der Waals surface area contributed by atoms with Crippen molar-refractivity contribution < 1.29 is 19.4 Å². The van der Waals surface area contributed by atoms with E-state index < -0.39 is 11.5 Å². The zero-order chi connectivity index (χ0) is 12.5. The van der Waals surface area contributed by atoms with Crippen molar-refractivity contribution >= 4 is 11.8 Å². The van der Waals surface area contributed by atoms with Crippen LogP contribution in [0.1, 0.15) is 40.5 Å². The molecular weight excluding hydrogens is 208 g/mol. The van der Waals surface area contributed by atoms with Gasteiger partial charge in [0.15, 0.2) is 5.78 Å². The van der Waals surface area contributed by atoms with Crippen LogP contribution < -0.4 is 0 Å². The zero-order valence-electron chi connectivity index (χ0n) is 10.3. The molecule has 1 aliphatic carbocycles. The Bertz CT molecular complexity index is 290. The average molecular weight is 228 g/mol. The van der Waals surface area contributed by atoms with E-state index in [-0.39, 0.29) is 36.6 Å². The number of hydrogen-bond acceptors (Lipinski definition) is 4. The molecule has 0 aromatic rings. The van der Waals surface area contributed by atoms with E-state index in [1.807, 2.05) is 6.92 Å². The van der Waals surface area contributed by atoms with Gasteiger partial charge in [0.05, 0.1) is 5.41 Å². The van der Waals surface area contributed by atoms with E-state index in [4.69, 9.17) is 4.74 Å². The number of hydrogen-bond donors (Lipinski definition) is 1. The molecule has 0 saturated heterocycles. The lowest BCUT2D eigenvalue weighted by molar-refractivity contribution is -0.167. The van der Waals surface area contributed by atoms with Crippen LogP contribution in [0.15, 0.2) is 0 Å². The first-order valence-electron chi connectivity index (χ1n) is 5.63. The van der Waals surface area contributed by atoms with Crippen LogP contribution in [0.2, 0.25) is 0 Å². The summed E-state index contributed by atoms with van der Waals surface area (Å²) in [6.07, 6.45) is -0.821. The minimum Gasteiger partial charge on any atom is -0.462 e. The second-order valence-electron chi connectivity index (χ2n) is 5.59. The van der Waals surface area contributed by atoms with Crippen LogP contribution in [0.25, 0.3) is 0 Å². The quantitative estimate of drug-likeness (QED) is 0.687. The Balaban J connectivity index is 2.61. The minimum absolute atomic E-state index is 0.0119. The highest BCUT2D eigenvalue weighted by atomic mass is 16.5. The largest absolute Gasteiger partial charge is 0.462 e. The first-order chi connectivity index (χ1) is 7.21. The fourth-order valence-corrected chi connectivity index (χ4v) is 1.65. The van der Waals surface area contributed by atoms with Gasteiger partial charge in [-0.15, -0.1) is 0 Å². The molecule has 0 aromatic heterocycles.